The van der Waals surface area contributed by atoms with Crippen molar-refractivity contribution in [3.8, 4) is 0 Å². The molecule has 1 atom stereocenters. The lowest BCUT2D eigenvalue weighted by molar-refractivity contribution is -0.126. The Morgan fingerprint density at radius 3 is 2.62 bits per heavy atom. The summed E-state index contributed by atoms with van der Waals surface area (Å²) in [5.41, 5.74) is 0.939. The van der Waals surface area contributed by atoms with Crippen molar-refractivity contribution in [1.29, 1.82) is 0 Å². The fourth-order valence-corrected chi connectivity index (χ4v) is 3.35. The average molecular weight is 396 g/mol. The Balaban J connectivity index is 1.71. The minimum atomic E-state index is -0.197. The van der Waals surface area contributed by atoms with Crippen LogP contribution in [0.5, 0.6) is 0 Å². The van der Waals surface area contributed by atoms with Crippen LogP contribution >= 0.6 is 0 Å². The molecule has 2 aromatic heterocycles. The summed E-state index contributed by atoms with van der Waals surface area (Å²) in [6.07, 6.45) is 7.86. The third-order valence-corrected chi connectivity index (χ3v) is 5.07. The van der Waals surface area contributed by atoms with Crippen LogP contribution in [-0.2, 0) is 22.6 Å². The van der Waals surface area contributed by atoms with Gasteiger partial charge in [0.15, 0.2) is 5.82 Å². The number of rotatable bonds is 6. The molecule has 3 rings (SSSR count). The monoisotopic (exact) mass is 396 g/mol. The van der Waals surface area contributed by atoms with Gasteiger partial charge in [-0.15, -0.1) is 10.2 Å². The van der Waals surface area contributed by atoms with E-state index >= 15 is 0 Å². The number of pyridine rings is 1. The van der Waals surface area contributed by atoms with Gasteiger partial charge in [0.25, 0.3) is 0 Å². The third kappa shape index (κ3) is 5.07. The number of fused-ring (bicyclic) bond motifs is 1. The summed E-state index contributed by atoms with van der Waals surface area (Å²) in [4.78, 5) is 30.4. The van der Waals surface area contributed by atoms with E-state index in [4.69, 9.17) is 0 Å². The molecular weight excluding hydrogens is 368 g/mol. The van der Waals surface area contributed by atoms with Crippen molar-refractivity contribution in [2.24, 2.45) is 5.92 Å². The fraction of sp³-hybridized carbons (Fsp3) is 0.476. The summed E-state index contributed by atoms with van der Waals surface area (Å²) in [6, 6.07) is 3.52. The molecule has 8 heteroatoms. The summed E-state index contributed by atoms with van der Waals surface area (Å²) < 4.78 is 2.06. The molecule has 0 spiro atoms. The highest BCUT2D eigenvalue weighted by atomic mass is 16.2. The lowest BCUT2D eigenvalue weighted by Crippen LogP contribution is -2.34. The molecule has 8 nitrogen and oxygen atoms in total. The largest absolute Gasteiger partial charge is 0.346 e. The van der Waals surface area contributed by atoms with Crippen LogP contribution in [0, 0.1) is 5.92 Å². The molecule has 1 aliphatic rings. The fourth-order valence-electron chi connectivity index (χ4n) is 3.35. The first-order chi connectivity index (χ1) is 14.0. The minimum absolute atomic E-state index is 0.00674. The van der Waals surface area contributed by atoms with Gasteiger partial charge in [0.2, 0.25) is 11.8 Å². The van der Waals surface area contributed by atoms with Gasteiger partial charge in [-0.3, -0.25) is 14.6 Å². The third-order valence-electron chi connectivity index (χ3n) is 5.07. The summed E-state index contributed by atoms with van der Waals surface area (Å²) in [7, 11) is 0. The highest BCUT2D eigenvalue weighted by Gasteiger charge is 2.27. The maximum absolute atomic E-state index is 12.6. The van der Waals surface area contributed by atoms with Crippen LogP contribution in [0.4, 0.5) is 0 Å². The summed E-state index contributed by atoms with van der Waals surface area (Å²) >= 11 is 0. The Morgan fingerprint density at radius 1 is 1.17 bits per heavy atom. The van der Waals surface area contributed by atoms with E-state index in [1.807, 2.05) is 24.0 Å². The molecule has 3 heterocycles. The van der Waals surface area contributed by atoms with Crippen LogP contribution < -0.4 is 5.32 Å². The molecule has 0 aromatic carbocycles. The molecule has 0 bridgehead atoms. The Labute approximate surface area is 171 Å². The SMILES string of the molecule is CCC(=O)NC(c1nnc2n1CCN(C(=O)C=Cc1ccncc1)CC2)C(C)C. The lowest BCUT2D eigenvalue weighted by Gasteiger charge is -2.23. The molecule has 1 aliphatic heterocycles. The van der Waals surface area contributed by atoms with Crippen LogP contribution in [0.25, 0.3) is 6.08 Å². The highest BCUT2D eigenvalue weighted by molar-refractivity contribution is 5.91. The second kappa shape index (κ2) is 9.45. The van der Waals surface area contributed by atoms with Gasteiger partial charge in [-0.05, 0) is 29.7 Å². The number of nitrogens with one attached hydrogen (secondary N) is 1. The van der Waals surface area contributed by atoms with Gasteiger partial charge in [0, 0.05) is 50.9 Å². The maximum Gasteiger partial charge on any atom is 0.246 e. The smallest absolute Gasteiger partial charge is 0.246 e. The zero-order valence-corrected chi connectivity index (χ0v) is 17.2. The molecule has 2 aromatic rings. The van der Waals surface area contributed by atoms with Crippen molar-refractivity contribution in [3.63, 3.8) is 0 Å². The van der Waals surface area contributed by atoms with Crippen LogP contribution in [0.3, 0.4) is 0 Å². The molecule has 0 saturated carbocycles. The Kier molecular flexibility index (Phi) is 6.74. The highest BCUT2D eigenvalue weighted by Crippen LogP contribution is 2.22. The predicted octanol–water partition coefficient (Wildman–Crippen LogP) is 1.99. The molecule has 0 saturated heterocycles. The molecular formula is C21H28N6O2. The number of aromatic nitrogens is 4. The van der Waals surface area contributed by atoms with Gasteiger partial charge in [0.05, 0.1) is 6.04 Å². The molecule has 1 N–H and O–H groups in total. The number of nitrogens with zero attached hydrogens (tertiary/aromatic N) is 5. The van der Waals surface area contributed by atoms with Crippen LogP contribution in [0.15, 0.2) is 30.6 Å². The molecule has 1 unspecified atom stereocenters. The van der Waals surface area contributed by atoms with E-state index in [2.05, 4.69) is 38.9 Å². The van der Waals surface area contributed by atoms with E-state index in [-0.39, 0.29) is 23.8 Å². The molecule has 0 radical (unpaired) electrons. The van der Waals surface area contributed by atoms with Gasteiger partial charge in [0.1, 0.15) is 5.82 Å². The van der Waals surface area contributed by atoms with Gasteiger partial charge >= 0.3 is 0 Å². The van der Waals surface area contributed by atoms with E-state index < -0.39 is 0 Å². The zero-order valence-electron chi connectivity index (χ0n) is 17.2. The van der Waals surface area contributed by atoms with Gasteiger partial charge in [-0.2, -0.15) is 0 Å². The first kappa shape index (κ1) is 20.7. The van der Waals surface area contributed by atoms with Crippen molar-refractivity contribution >= 4 is 17.9 Å². The molecule has 154 valence electrons. The standard InChI is InChI=1S/C21H28N6O2/c1-4-18(28)23-20(15(2)3)21-25-24-17-9-12-26(13-14-27(17)21)19(29)6-5-16-7-10-22-11-8-16/h5-8,10-11,15,20H,4,9,12-14H2,1-3H3,(H,23,28). The topological polar surface area (TPSA) is 93.0 Å². The first-order valence-corrected chi connectivity index (χ1v) is 10.1. The first-order valence-electron chi connectivity index (χ1n) is 10.1. The molecule has 2 amide bonds. The van der Waals surface area contributed by atoms with E-state index in [1.54, 1.807) is 24.5 Å². The second-order valence-electron chi connectivity index (χ2n) is 7.46. The van der Waals surface area contributed by atoms with Crippen molar-refractivity contribution in [3.05, 3.63) is 47.8 Å². The predicted molar refractivity (Wildman–Crippen MR) is 110 cm³/mol. The quantitative estimate of drug-likeness (QED) is 0.754. The zero-order chi connectivity index (χ0) is 20.8. The molecule has 0 fully saturated rings. The van der Waals surface area contributed by atoms with E-state index in [0.29, 0.717) is 32.5 Å². The Morgan fingerprint density at radius 2 is 1.93 bits per heavy atom. The minimum Gasteiger partial charge on any atom is -0.346 e. The van der Waals surface area contributed by atoms with E-state index in [0.717, 1.165) is 17.2 Å². The summed E-state index contributed by atoms with van der Waals surface area (Å²) in [5.74, 6) is 1.76. The average Bonchev–Trinajstić information content (AvgIpc) is 3.00. The Bertz CT molecular complexity index is 875. The van der Waals surface area contributed by atoms with Crippen LogP contribution in [-0.4, -0.2) is 49.6 Å². The van der Waals surface area contributed by atoms with Crippen LogP contribution in [0.2, 0.25) is 0 Å². The normalized spacial score (nSPS) is 15.2. The van der Waals surface area contributed by atoms with Crippen molar-refractivity contribution in [1.82, 2.24) is 30.0 Å². The molecule has 0 aliphatic carbocycles. The van der Waals surface area contributed by atoms with Crippen molar-refractivity contribution in [2.45, 2.75) is 46.2 Å². The number of hydrogen-bond acceptors (Lipinski definition) is 5. The summed E-state index contributed by atoms with van der Waals surface area (Å²) in [6.45, 7) is 7.71. The van der Waals surface area contributed by atoms with Crippen molar-refractivity contribution < 1.29 is 9.59 Å². The molecule has 29 heavy (non-hydrogen) atoms. The number of carbonyl (C=O) groups is 2. The number of amides is 2. The van der Waals surface area contributed by atoms with Gasteiger partial charge < -0.3 is 14.8 Å². The van der Waals surface area contributed by atoms with Gasteiger partial charge in [-0.25, -0.2) is 0 Å². The Hall–Kier alpha value is -3.03. The van der Waals surface area contributed by atoms with Crippen molar-refractivity contribution in [2.75, 3.05) is 13.1 Å². The van der Waals surface area contributed by atoms with E-state index in [9.17, 15) is 9.59 Å². The second-order valence-corrected chi connectivity index (χ2v) is 7.46. The number of carbonyl (C=O) groups excluding carboxylic acids is 2. The summed E-state index contributed by atoms with van der Waals surface area (Å²) in [5, 5.41) is 11.8. The number of hydrogen-bond donors (Lipinski definition) is 1. The van der Waals surface area contributed by atoms with E-state index in [1.165, 1.54) is 0 Å². The van der Waals surface area contributed by atoms with Crippen LogP contribution in [0.1, 0.15) is 50.4 Å². The lowest BCUT2D eigenvalue weighted by atomic mass is 10.0. The van der Waals surface area contributed by atoms with Gasteiger partial charge in [-0.1, -0.05) is 20.8 Å². The maximum atomic E-state index is 12.6.